The maximum absolute atomic E-state index is 15.0. The van der Waals surface area contributed by atoms with E-state index in [2.05, 4.69) is 0 Å². The highest BCUT2D eigenvalue weighted by Crippen LogP contribution is 2.37. The van der Waals surface area contributed by atoms with Crippen molar-refractivity contribution in [3.05, 3.63) is 237 Å². The van der Waals surface area contributed by atoms with Crippen LogP contribution in [0.3, 0.4) is 0 Å². The van der Waals surface area contributed by atoms with Gasteiger partial charge in [-0.15, -0.1) is 0 Å². The molecule has 0 fully saturated rings. The highest BCUT2D eigenvalue weighted by Gasteiger charge is 2.33. The van der Waals surface area contributed by atoms with Gasteiger partial charge in [0.1, 0.15) is 0 Å². The van der Waals surface area contributed by atoms with Crippen LogP contribution < -0.4 is 0 Å². The van der Waals surface area contributed by atoms with Gasteiger partial charge in [-0.25, -0.2) is 33.7 Å². The molecule has 3 heterocycles. The number of aryl methyl sites for hydroxylation is 4. The maximum Gasteiger partial charge on any atom is 0.243 e. The SMILES string of the molecule is Cc1ccc(S(=O)(=O)N2Cc3cc4cc(c3)-c3cc5cc(c3)CN(S(=O)(=O)c3ccc(C)cc3)Cc3cc(cc(c3)-c3cc(cc(c3)CN(S(=O)(=O)c3ccc(C)cc3)C4)C2)CN(S(=O)(=O)c2ccc(C)cc2)C5)cc1. The zero-order valence-corrected chi connectivity index (χ0v) is 45.8. The highest BCUT2D eigenvalue weighted by molar-refractivity contribution is 7.90. The summed E-state index contributed by atoms with van der Waals surface area (Å²) in [6.07, 6.45) is 0. The highest BCUT2D eigenvalue weighted by atomic mass is 32.2. The minimum atomic E-state index is -4.16. The molecule has 0 saturated carbocycles. The normalized spacial score (nSPS) is 15.9. The Morgan fingerprint density at radius 1 is 0.237 bits per heavy atom. The van der Waals surface area contributed by atoms with E-state index in [-0.39, 0.29) is 71.9 Å². The van der Waals surface area contributed by atoms with Gasteiger partial charge in [0.15, 0.2) is 0 Å². The van der Waals surface area contributed by atoms with Crippen molar-refractivity contribution in [1.29, 1.82) is 0 Å². The number of hydrogen-bond donors (Lipinski definition) is 0. The van der Waals surface area contributed by atoms with Crippen LogP contribution in [-0.4, -0.2) is 50.9 Å². The van der Waals surface area contributed by atoms with Crippen molar-refractivity contribution in [2.75, 3.05) is 0 Å². The van der Waals surface area contributed by atoms with E-state index in [0.29, 0.717) is 66.8 Å². The smallest absolute Gasteiger partial charge is 0.207 e. The molecule has 3 aliphatic rings. The minimum Gasteiger partial charge on any atom is -0.207 e. The van der Waals surface area contributed by atoms with Crippen molar-refractivity contribution in [1.82, 2.24) is 17.2 Å². The number of hydrogen-bond acceptors (Lipinski definition) is 8. The average molecular weight is 1090 g/mol. The number of fused-ring (bicyclic) bond motifs is 14. The Morgan fingerprint density at radius 3 is 0.526 bits per heavy atom. The molecule has 388 valence electrons. The molecule has 0 atom stereocenters. The van der Waals surface area contributed by atoms with E-state index in [1.807, 2.05) is 100 Å². The Morgan fingerprint density at radius 2 is 0.382 bits per heavy atom. The number of benzene rings is 8. The van der Waals surface area contributed by atoms with E-state index in [1.54, 1.807) is 97.1 Å². The molecule has 11 rings (SSSR count). The molecular weight excluding hydrogens is 1030 g/mol. The second-order valence-corrected chi connectivity index (χ2v) is 28.2. The van der Waals surface area contributed by atoms with Crippen molar-refractivity contribution < 1.29 is 33.7 Å². The summed E-state index contributed by atoms with van der Waals surface area (Å²) in [5, 5.41) is 0. The lowest BCUT2D eigenvalue weighted by Crippen LogP contribution is -2.33. The molecule has 0 unspecified atom stereocenters. The number of rotatable bonds is 8. The van der Waals surface area contributed by atoms with Gasteiger partial charge in [-0.05, 0) is 192 Å². The third kappa shape index (κ3) is 10.4. The molecule has 0 saturated heterocycles. The van der Waals surface area contributed by atoms with Crippen molar-refractivity contribution in [3.63, 3.8) is 0 Å². The van der Waals surface area contributed by atoms with E-state index < -0.39 is 40.1 Å². The second kappa shape index (κ2) is 19.8. The molecule has 8 aromatic rings. The Labute approximate surface area is 446 Å². The largest absolute Gasteiger partial charge is 0.243 e. The van der Waals surface area contributed by atoms with Gasteiger partial charge in [0.05, 0.1) is 19.6 Å². The summed E-state index contributed by atoms with van der Waals surface area (Å²) in [5.74, 6) is 0. The van der Waals surface area contributed by atoms with Crippen molar-refractivity contribution in [2.45, 2.75) is 99.6 Å². The predicted octanol–water partition coefficient (Wildman–Crippen LogP) is 10.8. The van der Waals surface area contributed by atoms with Crippen LogP contribution in [0.5, 0.6) is 0 Å². The monoisotopic (exact) mass is 1090 g/mol. The minimum absolute atomic E-state index is 0.0986. The molecule has 0 radical (unpaired) electrons. The Kier molecular flexibility index (Phi) is 13.4. The molecule has 16 heteroatoms. The molecular formula is C60H56N4O8S4. The zero-order chi connectivity index (χ0) is 53.3. The van der Waals surface area contributed by atoms with Gasteiger partial charge in [-0.2, -0.15) is 17.2 Å². The van der Waals surface area contributed by atoms with Crippen LogP contribution >= 0.6 is 0 Å². The van der Waals surface area contributed by atoms with Crippen molar-refractivity contribution in [2.24, 2.45) is 0 Å². The first-order valence-corrected chi connectivity index (χ1v) is 30.7. The van der Waals surface area contributed by atoms with Gasteiger partial charge in [0.2, 0.25) is 40.1 Å². The number of sulfonamides is 4. The molecule has 76 heavy (non-hydrogen) atoms. The topological polar surface area (TPSA) is 150 Å². The molecule has 8 aromatic carbocycles. The zero-order valence-electron chi connectivity index (χ0n) is 42.5. The summed E-state index contributed by atoms with van der Waals surface area (Å²) < 4.78 is 126. The average Bonchev–Trinajstić information content (AvgIpc) is 3.37. The molecule has 0 aromatic heterocycles. The van der Waals surface area contributed by atoms with Gasteiger partial charge in [-0.1, -0.05) is 95.1 Å². The molecule has 12 bridgehead atoms. The van der Waals surface area contributed by atoms with Crippen LogP contribution in [-0.2, 0) is 92.5 Å². The summed E-state index contributed by atoms with van der Waals surface area (Å²) in [6.45, 7) is 6.80. The summed E-state index contributed by atoms with van der Waals surface area (Å²) in [7, 11) is -16.7. The second-order valence-electron chi connectivity index (χ2n) is 20.5. The molecule has 0 N–H and O–H groups in total. The van der Waals surface area contributed by atoms with Crippen molar-refractivity contribution in [3.8, 4) is 22.3 Å². The Balaban J connectivity index is 1.21. The van der Waals surface area contributed by atoms with E-state index in [9.17, 15) is 0 Å². The predicted molar refractivity (Wildman–Crippen MR) is 294 cm³/mol. The van der Waals surface area contributed by atoms with Gasteiger partial charge in [0.25, 0.3) is 0 Å². The summed E-state index contributed by atoms with van der Waals surface area (Å²) in [5.41, 5.74) is 10.6. The summed E-state index contributed by atoms with van der Waals surface area (Å²) >= 11 is 0. The third-order valence-electron chi connectivity index (χ3n) is 14.4. The summed E-state index contributed by atoms with van der Waals surface area (Å²) in [6, 6.07) is 49.5. The molecule has 3 aliphatic heterocycles. The van der Waals surface area contributed by atoms with Gasteiger partial charge in [-0.3, -0.25) is 0 Å². The quantitative estimate of drug-likeness (QED) is 0.146. The molecule has 12 nitrogen and oxygen atoms in total. The van der Waals surface area contributed by atoms with Crippen LogP contribution in [0.4, 0.5) is 0 Å². The fourth-order valence-corrected chi connectivity index (χ4v) is 16.1. The maximum atomic E-state index is 15.0. The molecule has 0 spiro atoms. The summed E-state index contributed by atoms with van der Waals surface area (Å²) in [4.78, 5) is 0.510. The standard InChI is InChI=1S/C60H56N4O8S4/c1-41-5-13-57(14-6-41)73(65,66)61-33-45-21-47-27-53(25-45)55-29-49-23-51(31-55)39-64(76(71,72)60-19-11-44(4)12-20-60)40-52-24-50(38-63(37-49)75(69,70)59-17-9-43(3)10-18-59)30-56(32-52)54-26-46(34-61)22-48(28-54)36-62(35-47)74(67,68)58-15-7-42(2)8-16-58/h5-32H,33-40H2,1-4H3. The fourth-order valence-electron chi connectivity index (χ4n) is 10.4. The van der Waals surface area contributed by atoms with Crippen LogP contribution in [0.1, 0.15) is 66.8 Å². The van der Waals surface area contributed by atoms with E-state index in [0.717, 1.165) is 22.3 Å². The van der Waals surface area contributed by atoms with Gasteiger partial charge < -0.3 is 0 Å². The van der Waals surface area contributed by atoms with E-state index >= 15 is 33.7 Å². The number of nitrogens with zero attached hydrogens (tertiary/aromatic N) is 4. The van der Waals surface area contributed by atoms with Gasteiger partial charge >= 0.3 is 0 Å². The van der Waals surface area contributed by atoms with Crippen LogP contribution in [0.2, 0.25) is 0 Å². The first-order chi connectivity index (χ1) is 36.1. The van der Waals surface area contributed by atoms with Gasteiger partial charge in [0, 0.05) is 52.4 Å². The lowest BCUT2D eigenvalue weighted by Gasteiger charge is -2.29. The van der Waals surface area contributed by atoms with Crippen LogP contribution in [0, 0.1) is 27.7 Å². The lowest BCUT2D eigenvalue weighted by atomic mass is 9.94. The lowest BCUT2D eigenvalue weighted by molar-refractivity contribution is 0.390. The first kappa shape index (κ1) is 51.5. The first-order valence-electron chi connectivity index (χ1n) is 25.0. The Hall–Kier alpha value is -6.60. The molecule has 0 aliphatic carbocycles. The van der Waals surface area contributed by atoms with E-state index in [4.69, 9.17) is 0 Å². The van der Waals surface area contributed by atoms with Crippen molar-refractivity contribution >= 4 is 40.1 Å². The third-order valence-corrected chi connectivity index (χ3v) is 21.6. The van der Waals surface area contributed by atoms with Crippen LogP contribution in [0.15, 0.2) is 189 Å². The van der Waals surface area contributed by atoms with E-state index in [1.165, 1.54) is 17.2 Å². The fraction of sp³-hybridized carbons (Fsp3) is 0.200. The Bertz CT molecular complexity index is 3430. The molecule has 0 amide bonds. The van der Waals surface area contributed by atoms with Crippen LogP contribution in [0.25, 0.3) is 22.3 Å².